The molecule has 1 aliphatic carbocycles. The smallest absolute Gasteiger partial charge is 0.336 e. The summed E-state index contributed by atoms with van der Waals surface area (Å²) in [5.41, 5.74) is 5.28. The quantitative estimate of drug-likeness (QED) is 0.141. The van der Waals surface area contributed by atoms with Crippen molar-refractivity contribution in [2.24, 2.45) is 0 Å². The number of rotatable bonds is 11. The van der Waals surface area contributed by atoms with Crippen molar-refractivity contribution in [3.8, 4) is 17.2 Å². The van der Waals surface area contributed by atoms with Crippen LogP contribution in [-0.4, -0.2) is 32.1 Å². The average molecular weight is 616 g/mol. The first-order valence-corrected chi connectivity index (χ1v) is 15.5. The van der Waals surface area contributed by atoms with E-state index in [4.69, 9.17) is 18.9 Å². The van der Waals surface area contributed by atoms with E-state index in [0.29, 0.717) is 47.8 Å². The van der Waals surface area contributed by atoms with Gasteiger partial charge in [-0.25, -0.2) is 4.79 Å². The van der Waals surface area contributed by atoms with Crippen molar-refractivity contribution in [3.05, 3.63) is 148 Å². The molecule has 0 unspecified atom stereocenters. The van der Waals surface area contributed by atoms with Crippen LogP contribution in [0.15, 0.2) is 132 Å². The number of carbonyl (C=O) groups is 2. The zero-order chi connectivity index (χ0) is 31.9. The minimum atomic E-state index is -0.657. The van der Waals surface area contributed by atoms with Crippen molar-refractivity contribution in [1.29, 1.82) is 0 Å². The van der Waals surface area contributed by atoms with Gasteiger partial charge in [-0.15, -0.1) is 0 Å². The Morgan fingerprint density at radius 3 is 2.22 bits per heavy atom. The maximum atomic E-state index is 14.1. The molecule has 7 heteroatoms. The Morgan fingerprint density at radius 1 is 0.783 bits per heavy atom. The largest absolute Gasteiger partial charge is 0.497 e. The standard InChI is InChI=1S/C39H37NO6/c1-26-36(39(42)45-22-21-44-31-13-7-4-8-14-31)37(32-15-9-10-16-35(32)46-25-27-11-5-3-6-12-27)38-33(40-26)23-29(24-34(38)41)28-17-19-30(43-2)20-18-28/h3-20,29,37,40H,21-25H2,1-2H3/t29-,37-/m0/s1. The van der Waals surface area contributed by atoms with Crippen LogP contribution in [0.3, 0.4) is 0 Å². The number of benzene rings is 4. The number of carbonyl (C=O) groups excluding carboxylic acids is 2. The number of hydrogen-bond acceptors (Lipinski definition) is 7. The zero-order valence-corrected chi connectivity index (χ0v) is 26.0. The lowest BCUT2D eigenvalue weighted by molar-refractivity contribution is -0.140. The van der Waals surface area contributed by atoms with Crippen molar-refractivity contribution >= 4 is 11.8 Å². The van der Waals surface area contributed by atoms with Crippen molar-refractivity contribution in [2.45, 2.75) is 38.2 Å². The number of dihydropyridines is 1. The van der Waals surface area contributed by atoms with Gasteiger partial charge in [0, 0.05) is 29.0 Å². The van der Waals surface area contributed by atoms with Gasteiger partial charge in [0.05, 0.1) is 18.6 Å². The summed E-state index contributed by atoms with van der Waals surface area (Å²) in [6, 6.07) is 34.8. The monoisotopic (exact) mass is 615 g/mol. The van der Waals surface area contributed by atoms with Gasteiger partial charge in [-0.1, -0.05) is 78.9 Å². The van der Waals surface area contributed by atoms with Gasteiger partial charge in [-0.05, 0) is 60.7 Å². The van der Waals surface area contributed by atoms with E-state index >= 15 is 0 Å². The van der Waals surface area contributed by atoms with E-state index in [9.17, 15) is 9.59 Å². The molecule has 1 heterocycles. The number of methoxy groups -OCH3 is 1. The van der Waals surface area contributed by atoms with E-state index < -0.39 is 11.9 Å². The summed E-state index contributed by atoms with van der Waals surface area (Å²) in [7, 11) is 1.64. The molecule has 0 radical (unpaired) electrons. The lowest BCUT2D eigenvalue weighted by atomic mass is 9.71. The number of esters is 1. The third-order valence-electron chi connectivity index (χ3n) is 8.43. The Morgan fingerprint density at radius 2 is 1.48 bits per heavy atom. The number of hydrogen-bond donors (Lipinski definition) is 1. The summed E-state index contributed by atoms with van der Waals surface area (Å²) in [4.78, 5) is 28.0. The van der Waals surface area contributed by atoms with Crippen LogP contribution in [0.1, 0.15) is 48.3 Å². The van der Waals surface area contributed by atoms with Crippen LogP contribution < -0.4 is 19.5 Å². The minimum Gasteiger partial charge on any atom is -0.497 e. The van der Waals surface area contributed by atoms with Crippen LogP contribution in [0.5, 0.6) is 17.2 Å². The maximum absolute atomic E-state index is 14.1. The molecule has 46 heavy (non-hydrogen) atoms. The molecule has 0 fully saturated rings. The second-order valence-electron chi connectivity index (χ2n) is 11.4. The van der Waals surface area contributed by atoms with Crippen LogP contribution in [0.4, 0.5) is 0 Å². The molecule has 234 valence electrons. The molecule has 4 aromatic carbocycles. The Labute approximate surface area is 269 Å². The molecule has 0 spiro atoms. The van der Waals surface area contributed by atoms with Gasteiger partial charge in [0.25, 0.3) is 0 Å². The van der Waals surface area contributed by atoms with Crippen molar-refractivity contribution in [3.63, 3.8) is 0 Å². The number of ketones is 1. The second kappa shape index (κ2) is 14.2. The lowest BCUT2D eigenvalue weighted by Crippen LogP contribution is -2.36. The summed E-state index contributed by atoms with van der Waals surface area (Å²) in [6.07, 6.45) is 0.949. The molecular formula is C39H37NO6. The molecule has 0 amide bonds. The molecule has 4 aromatic rings. The van der Waals surface area contributed by atoms with E-state index in [-0.39, 0.29) is 24.9 Å². The Kier molecular flexibility index (Phi) is 9.48. The van der Waals surface area contributed by atoms with Gasteiger partial charge in [-0.3, -0.25) is 4.79 Å². The molecule has 0 saturated heterocycles. The molecule has 2 atom stereocenters. The molecule has 7 nitrogen and oxygen atoms in total. The highest BCUT2D eigenvalue weighted by Gasteiger charge is 2.42. The zero-order valence-electron chi connectivity index (χ0n) is 26.0. The fourth-order valence-electron chi connectivity index (χ4n) is 6.21. The molecule has 0 saturated carbocycles. The van der Waals surface area contributed by atoms with Crippen LogP contribution >= 0.6 is 0 Å². The number of allylic oxidation sites excluding steroid dienone is 3. The SMILES string of the molecule is COc1ccc([C@@H]2CC(=O)C3=C(C2)NC(C)=C(C(=O)OCCOc2ccccc2)[C@@H]3c2ccccc2OCc2ccccc2)cc1. The van der Waals surface area contributed by atoms with Gasteiger partial charge >= 0.3 is 5.97 Å². The number of ether oxygens (including phenoxy) is 4. The number of Topliss-reactive ketones (excluding diaryl/α,β-unsaturated/α-hetero) is 1. The third kappa shape index (κ3) is 6.84. The number of para-hydroxylation sites is 2. The highest BCUT2D eigenvalue weighted by atomic mass is 16.6. The maximum Gasteiger partial charge on any atom is 0.336 e. The van der Waals surface area contributed by atoms with Crippen LogP contribution in [0.25, 0.3) is 0 Å². The topological polar surface area (TPSA) is 83.1 Å². The molecule has 0 aromatic heterocycles. The fraction of sp³-hybridized carbons (Fsp3) is 0.231. The normalized spacial score (nSPS) is 17.6. The van der Waals surface area contributed by atoms with Crippen LogP contribution in [-0.2, 0) is 20.9 Å². The van der Waals surface area contributed by atoms with E-state index in [1.807, 2.05) is 116 Å². The average Bonchev–Trinajstić information content (AvgIpc) is 3.09. The first-order chi connectivity index (χ1) is 22.5. The Balaban J connectivity index is 1.31. The van der Waals surface area contributed by atoms with E-state index in [1.54, 1.807) is 7.11 Å². The molecule has 1 aliphatic heterocycles. The summed E-state index contributed by atoms with van der Waals surface area (Å²) in [6.45, 7) is 2.47. The summed E-state index contributed by atoms with van der Waals surface area (Å²) in [5.74, 6) is 0.903. The summed E-state index contributed by atoms with van der Waals surface area (Å²) in [5, 5.41) is 3.44. The first kappa shape index (κ1) is 30.7. The molecule has 6 rings (SSSR count). The molecule has 1 N–H and O–H groups in total. The molecule has 0 bridgehead atoms. The van der Waals surface area contributed by atoms with E-state index in [1.165, 1.54) is 0 Å². The van der Waals surface area contributed by atoms with Crippen molar-refractivity contribution in [2.75, 3.05) is 20.3 Å². The van der Waals surface area contributed by atoms with Gasteiger partial charge < -0.3 is 24.3 Å². The van der Waals surface area contributed by atoms with E-state index in [2.05, 4.69) is 5.32 Å². The molecule has 2 aliphatic rings. The third-order valence-corrected chi connectivity index (χ3v) is 8.43. The van der Waals surface area contributed by atoms with Gasteiger partial charge in [0.2, 0.25) is 0 Å². The summed E-state index contributed by atoms with van der Waals surface area (Å²) < 4.78 is 23.2. The van der Waals surface area contributed by atoms with Gasteiger partial charge in [0.1, 0.15) is 37.1 Å². The van der Waals surface area contributed by atoms with Crippen molar-refractivity contribution < 1.29 is 28.5 Å². The van der Waals surface area contributed by atoms with Crippen molar-refractivity contribution in [1.82, 2.24) is 5.32 Å². The highest BCUT2D eigenvalue weighted by molar-refractivity contribution is 6.04. The van der Waals surface area contributed by atoms with Crippen LogP contribution in [0.2, 0.25) is 0 Å². The van der Waals surface area contributed by atoms with Crippen LogP contribution in [0, 0.1) is 0 Å². The predicted octanol–water partition coefficient (Wildman–Crippen LogP) is 7.26. The first-order valence-electron chi connectivity index (χ1n) is 15.5. The van der Waals surface area contributed by atoms with Gasteiger partial charge in [-0.2, -0.15) is 0 Å². The predicted molar refractivity (Wildman–Crippen MR) is 176 cm³/mol. The number of nitrogens with one attached hydrogen (secondary N) is 1. The minimum absolute atomic E-state index is 0.00804. The fourth-order valence-corrected chi connectivity index (χ4v) is 6.21. The Bertz CT molecular complexity index is 1740. The second-order valence-corrected chi connectivity index (χ2v) is 11.4. The molecular weight excluding hydrogens is 578 g/mol. The van der Waals surface area contributed by atoms with E-state index in [0.717, 1.165) is 28.1 Å². The van der Waals surface area contributed by atoms with Gasteiger partial charge in [0.15, 0.2) is 5.78 Å². The Hall–Kier alpha value is -5.30. The highest BCUT2D eigenvalue weighted by Crippen LogP contribution is 2.48. The summed E-state index contributed by atoms with van der Waals surface area (Å²) >= 11 is 0. The lowest BCUT2D eigenvalue weighted by Gasteiger charge is -2.37.